The third kappa shape index (κ3) is 2.76. The van der Waals surface area contributed by atoms with Crippen molar-refractivity contribution >= 4 is 10.0 Å². The zero-order valence-corrected chi connectivity index (χ0v) is 13.4. The van der Waals surface area contributed by atoms with Crippen molar-refractivity contribution in [3.8, 4) is 0 Å². The van der Waals surface area contributed by atoms with Crippen LogP contribution in [0.5, 0.6) is 0 Å². The van der Waals surface area contributed by atoms with E-state index in [1.165, 1.54) is 4.31 Å². The van der Waals surface area contributed by atoms with E-state index in [1.54, 1.807) is 16.9 Å². The quantitative estimate of drug-likeness (QED) is 0.859. The Labute approximate surface area is 133 Å². The van der Waals surface area contributed by atoms with E-state index >= 15 is 0 Å². The first kappa shape index (κ1) is 16.1. The summed E-state index contributed by atoms with van der Waals surface area (Å²) in [6.45, 7) is 2.80. The lowest BCUT2D eigenvalue weighted by Gasteiger charge is -2.24. The Balaban J connectivity index is 2.03. The maximum absolute atomic E-state index is 13.9. The molecule has 23 heavy (non-hydrogen) atoms. The van der Waals surface area contributed by atoms with E-state index in [1.807, 2.05) is 6.92 Å². The minimum absolute atomic E-state index is 0.276. The third-order valence-corrected chi connectivity index (χ3v) is 6.00. The molecule has 0 N–H and O–H groups in total. The minimum Gasteiger partial charge on any atom is -0.268 e. The van der Waals surface area contributed by atoms with E-state index in [0.717, 1.165) is 23.9 Å². The number of hydrogen-bond acceptors (Lipinski definition) is 3. The topological polar surface area (TPSA) is 55.2 Å². The summed E-state index contributed by atoms with van der Waals surface area (Å²) in [4.78, 5) is -0.619. The van der Waals surface area contributed by atoms with Crippen molar-refractivity contribution in [3.05, 3.63) is 47.8 Å². The lowest BCUT2D eigenvalue weighted by atomic mass is 10.1. The van der Waals surface area contributed by atoms with E-state index in [4.69, 9.17) is 0 Å². The van der Waals surface area contributed by atoms with Gasteiger partial charge in [-0.05, 0) is 44.0 Å². The summed E-state index contributed by atoms with van der Waals surface area (Å²) >= 11 is 0. The highest BCUT2D eigenvalue weighted by molar-refractivity contribution is 7.89. The van der Waals surface area contributed by atoms with Gasteiger partial charge < -0.3 is 0 Å². The molecule has 0 unspecified atom stereocenters. The van der Waals surface area contributed by atoms with Gasteiger partial charge in [0.1, 0.15) is 16.5 Å². The predicted molar refractivity (Wildman–Crippen MR) is 80.1 cm³/mol. The van der Waals surface area contributed by atoms with Gasteiger partial charge in [-0.25, -0.2) is 17.2 Å². The van der Waals surface area contributed by atoms with Gasteiger partial charge in [-0.3, -0.25) is 4.68 Å². The van der Waals surface area contributed by atoms with Gasteiger partial charge in [-0.1, -0.05) is 0 Å². The van der Waals surface area contributed by atoms with Crippen LogP contribution < -0.4 is 0 Å². The maximum atomic E-state index is 13.9. The number of rotatable bonds is 4. The minimum atomic E-state index is -4.11. The van der Waals surface area contributed by atoms with Crippen LogP contribution in [-0.2, 0) is 16.6 Å². The van der Waals surface area contributed by atoms with Crippen LogP contribution >= 0.6 is 0 Å². The summed E-state index contributed by atoms with van der Waals surface area (Å²) in [5.74, 6) is -1.72. The lowest BCUT2D eigenvalue weighted by molar-refractivity contribution is 0.373. The summed E-state index contributed by atoms with van der Waals surface area (Å²) in [7, 11) is -4.11. The van der Waals surface area contributed by atoms with E-state index in [-0.39, 0.29) is 6.54 Å². The Bertz CT molecular complexity index is 820. The van der Waals surface area contributed by atoms with Crippen molar-refractivity contribution in [2.75, 3.05) is 6.54 Å². The van der Waals surface area contributed by atoms with Crippen LogP contribution in [-0.4, -0.2) is 29.0 Å². The number of sulfonamides is 1. The number of nitrogens with zero attached hydrogens (tertiary/aromatic N) is 3. The summed E-state index contributed by atoms with van der Waals surface area (Å²) in [6, 6.07) is 3.83. The largest absolute Gasteiger partial charge is 0.268 e. The fourth-order valence-corrected chi connectivity index (χ4v) is 4.76. The van der Waals surface area contributed by atoms with E-state index in [0.29, 0.717) is 19.4 Å². The van der Waals surface area contributed by atoms with Gasteiger partial charge in [0.05, 0.1) is 11.7 Å². The molecule has 0 aliphatic carbocycles. The molecule has 1 saturated heterocycles. The monoisotopic (exact) mass is 341 g/mol. The second-order valence-electron chi connectivity index (χ2n) is 5.42. The Kier molecular flexibility index (Phi) is 4.20. The molecule has 0 spiro atoms. The SMILES string of the molecule is CCn1nccc1[C@H]1CCCN1S(=O)(=O)c1cc(F)ccc1F. The average Bonchev–Trinajstić information content (AvgIpc) is 3.16. The van der Waals surface area contributed by atoms with Crippen LogP contribution in [0.3, 0.4) is 0 Å². The van der Waals surface area contributed by atoms with Crippen LogP contribution in [0, 0.1) is 11.6 Å². The summed E-state index contributed by atoms with van der Waals surface area (Å²) < 4.78 is 55.9. The third-order valence-electron chi connectivity index (χ3n) is 4.07. The molecule has 8 heteroatoms. The first-order chi connectivity index (χ1) is 10.9. The van der Waals surface area contributed by atoms with E-state index in [2.05, 4.69) is 5.10 Å². The molecule has 0 amide bonds. The fraction of sp³-hybridized carbons (Fsp3) is 0.400. The van der Waals surface area contributed by atoms with Gasteiger partial charge in [0.25, 0.3) is 0 Å². The molecule has 0 radical (unpaired) electrons. The molecular formula is C15H17F2N3O2S. The molecule has 3 rings (SSSR count). The highest BCUT2D eigenvalue weighted by Crippen LogP contribution is 2.37. The second-order valence-corrected chi connectivity index (χ2v) is 7.28. The molecule has 1 atom stereocenters. The Morgan fingerprint density at radius 1 is 1.30 bits per heavy atom. The number of halogens is 2. The summed E-state index contributed by atoms with van der Waals surface area (Å²) in [5.41, 5.74) is 0.769. The maximum Gasteiger partial charge on any atom is 0.246 e. The van der Waals surface area contributed by atoms with Gasteiger partial charge in [-0.15, -0.1) is 0 Å². The molecule has 1 aromatic carbocycles. The molecule has 2 aromatic rings. The van der Waals surface area contributed by atoms with E-state index < -0.39 is 32.6 Å². The highest BCUT2D eigenvalue weighted by Gasteiger charge is 2.39. The van der Waals surface area contributed by atoms with Gasteiger partial charge in [0.2, 0.25) is 10.0 Å². The van der Waals surface area contributed by atoms with Crippen LogP contribution in [0.25, 0.3) is 0 Å². The average molecular weight is 341 g/mol. The zero-order chi connectivity index (χ0) is 16.6. The van der Waals surface area contributed by atoms with Gasteiger partial charge in [-0.2, -0.15) is 9.40 Å². The molecule has 124 valence electrons. The molecule has 1 aliphatic rings. The first-order valence-corrected chi connectivity index (χ1v) is 8.87. The van der Waals surface area contributed by atoms with Crippen LogP contribution in [0.1, 0.15) is 31.5 Å². The smallest absolute Gasteiger partial charge is 0.246 e. The fourth-order valence-electron chi connectivity index (χ4n) is 3.01. The van der Waals surface area contributed by atoms with Crippen molar-refractivity contribution in [3.63, 3.8) is 0 Å². The molecule has 0 bridgehead atoms. The van der Waals surface area contributed by atoms with Crippen LogP contribution in [0.4, 0.5) is 8.78 Å². The molecule has 5 nitrogen and oxygen atoms in total. The Morgan fingerprint density at radius 2 is 2.09 bits per heavy atom. The van der Waals surface area contributed by atoms with Crippen molar-refractivity contribution in [2.24, 2.45) is 0 Å². The summed E-state index contributed by atoms with van der Waals surface area (Å²) in [5, 5.41) is 4.16. The van der Waals surface area contributed by atoms with Gasteiger partial charge in [0.15, 0.2) is 0 Å². The molecular weight excluding hydrogens is 324 g/mol. The van der Waals surface area contributed by atoms with Gasteiger partial charge in [0, 0.05) is 19.3 Å². The van der Waals surface area contributed by atoms with Crippen molar-refractivity contribution < 1.29 is 17.2 Å². The molecule has 1 aliphatic heterocycles. The van der Waals surface area contributed by atoms with E-state index in [9.17, 15) is 17.2 Å². The number of aryl methyl sites for hydroxylation is 1. The number of aromatic nitrogens is 2. The lowest BCUT2D eigenvalue weighted by Crippen LogP contribution is -2.32. The Morgan fingerprint density at radius 3 is 2.83 bits per heavy atom. The summed E-state index contributed by atoms with van der Waals surface area (Å²) in [6.07, 6.45) is 2.91. The second kappa shape index (κ2) is 6.01. The Hall–Kier alpha value is -1.80. The highest BCUT2D eigenvalue weighted by atomic mass is 32.2. The van der Waals surface area contributed by atoms with Gasteiger partial charge >= 0.3 is 0 Å². The molecule has 2 heterocycles. The number of hydrogen-bond donors (Lipinski definition) is 0. The van der Waals surface area contributed by atoms with Crippen molar-refractivity contribution in [1.82, 2.24) is 14.1 Å². The molecule has 1 aromatic heterocycles. The normalized spacial score (nSPS) is 19.3. The molecule has 0 saturated carbocycles. The predicted octanol–water partition coefficient (Wildman–Crippen LogP) is 2.71. The van der Waals surface area contributed by atoms with Crippen molar-refractivity contribution in [2.45, 2.75) is 37.2 Å². The van der Waals surface area contributed by atoms with Crippen LogP contribution in [0.2, 0.25) is 0 Å². The van der Waals surface area contributed by atoms with Crippen LogP contribution in [0.15, 0.2) is 35.4 Å². The number of benzene rings is 1. The standard InChI is InChI=1S/C15H17F2N3O2S/c1-2-19-13(7-8-18-19)14-4-3-9-20(14)23(21,22)15-10-11(16)5-6-12(15)17/h5-8,10,14H,2-4,9H2,1H3/t14-/m1/s1. The van der Waals surface area contributed by atoms with Crippen molar-refractivity contribution in [1.29, 1.82) is 0 Å². The molecule has 1 fully saturated rings. The zero-order valence-electron chi connectivity index (χ0n) is 12.6. The first-order valence-electron chi connectivity index (χ1n) is 7.43.